The smallest absolute Gasteiger partial charge is 0.104 e. The summed E-state index contributed by atoms with van der Waals surface area (Å²) in [6.07, 6.45) is 3.75. The lowest BCUT2D eigenvalue weighted by Crippen LogP contribution is -2.30. The Morgan fingerprint density at radius 3 is 2.93 bits per heavy atom. The van der Waals surface area contributed by atoms with E-state index in [1.54, 1.807) is 0 Å². The molecule has 1 aromatic heterocycles. The van der Waals surface area contributed by atoms with Crippen LogP contribution in [0.15, 0.2) is 10.5 Å². The summed E-state index contributed by atoms with van der Waals surface area (Å²) in [6.45, 7) is 6.49. The first-order chi connectivity index (χ1) is 6.75. The van der Waals surface area contributed by atoms with Crippen molar-refractivity contribution in [2.24, 2.45) is 5.92 Å². The molecule has 0 unspecified atom stereocenters. The molecule has 0 aromatic carbocycles. The van der Waals surface area contributed by atoms with E-state index in [2.05, 4.69) is 18.3 Å². The van der Waals surface area contributed by atoms with Gasteiger partial charge in [0.05, 0.1) is 0 Å². The third-order valence-electron chi connectivity index (χ3n) is 3.11. The van der Waals surface area contributed by atoms with Crippen LogP contribution in [0, 0.1) is 19.8 Å². The van der Waals surface area contributed by atoms with E-state index in [1.165, 1.54) is 24.9 Å². The van der Waals surface area contributed by atoms with Gasteiger partial charge in [-0.2, -0.15) is 0 Å². The summed E-state index contributed by atoms with van der Waals surface area (Å²) in [6, 6.07) is 2.18. The molecule has 1 N–H and O–H groups in total. The minimum absolute atomic E-state index is 0.772. The van der Waals surface area contributed by atoms with Crippen molar-refractivity contribution in [3.05, 3.63) is 23.2 Å². The molecule has 0 amide bonds. The number of aryl methyl sites for hydroxylation is 2. The zero-order valence-corrected chi connectivity index (χ0v) is 9.10. The van der Waals surface area contributed by atoms with E-state index in [4.69, 9.17) is 4.42 Å². The van der Waals surface area contributed by atoms with Crippen molar-refractivity contribution < 1.29 is 4.42 Å². The van der Waals surface area contributed by atoms with E-state index in [-0.39, 0.29) is 0 Å². The lowest BCUT2D eigenvalue weighted by atomic mass is 9.95. The van der Waals surface area contributed by atoms with E-state index in [0.717, 1.165) is 30.4 Å². The Kier molecular flexibility index (Phi) is 2.92. The summed E-state index contributed by atoms with van der Waals surface area (Å²) >= 11 is 0. The number of nitrogens with one attached hydrogen (secondary N) is 1. The van der Waals surface area contributed by atoms with Crippen molar-refractivity contribution in [2.45, 2.75) is 33.1 Å². The number of rotatable bonds is 2. The normalized spacial score (nSPS) is 22.6. The molecule has 2 heterocycles. The van der Waals surface area contributed by atoms with Crippen LogP contribution in [-0.4, -0.2) is 13.1 Å². The molecule has 1 atom stereocenters. The summed E-state index contributed by atoms with van der Waals surface area (Å²) in [5.41, 5.74) is 1.28. The molecule has 0 saturated carbocycles. The quantitative estimate of drug-likeness (QED) is 0.780. The highest BCUT2D eigenvalue weighted by atomic mass is 16.3. The number of hydrogen-bond donors (Lipinski definition) is 1. The van der Waals surface area contributed by atoms with Gasteiger partial charge in [-0.1, -0.05) is 0 Å². The Balaban J connectivity index is 1.95. The van der Waals surface area contributed by atoms with E-state index in [0.29, 0.717) is 0 Å². The summed E-state index contributed by atoms with van der Waals surface area (Å²) in [5, 5.41) is 3.43. The molecule has 78 valence electrons. The molecule has 1 aliphatic heterocycles. The summed E-state index contributed by atoms with van der Waals surface area (Å²) in [7, 11) is 0. The van der Waals surface area contributed by atoms with Gasteiger partial charge in [0.1, 0.15) is 11.5 Å². The van der Waals surface area contributed by atoms with Gasteiger partial charge in [-0.15, -0.1) is 0 Å². The predicted octanol–water partition coefficient (Wildman–Crippen LogP) is 2.44. The lowest BCUT2D eigenvalue weighted by Gasteiger charge is -2.21. The molecule has 2 nitrogen and oxygen atoms in total. The van der Waals surface area contributed by atoms with Crippen molar-refractivity contribution in [1.82, 2.24) is 5.32 Å². The molecule has 1 fully saturated rings. The standard InChI is InChI=1S/C12H19NO/c1-9-6-12(14-10(9)2)7-11-4-3-5-13-8-11/h6,11,13H,3-5,7-8H2,1-2H3/t11-/m0/s1. The van der Waals surface area contributed by atoms with Crippen LogP contribution in [0.2, 0.25) is 0 Å². The summed E-state index contributed by atoms with van der Waals surface area (Å²) < 4.78 is 5.69. The molecule has 2 rings (SSSR count). The van der Waals surface area contributed by atoms with E-state index in [9.17, 15) is 0 Å². The van der Waals surface area contributed by atoms with Crippen molar-refractivity contribution in [3.8, 4) is 0 Å². The SMILES string of the molecule is Cc1cc(C[C@@H]2CCCNC2)oc1C. The first-order valence-electron chi connectivity index (χ1n) is 5.52. The maximum Gasteiger partial charge on any atom is 0.104 e. The molecule has 14 heavy (non-hydrogen) atoms. The van der Waals surface area contributed by atoms with Gasteiger partial charge in [0.2, 0.25) is 0 Å². The Morgan fingerprint density at radius 1 is 1.50 bits per heavy atom. The molecule has 1 aliphatic rings. The summed E-state index contributed by atoms with van der Waals surface area (Å²) in [5.74, 6) is 3.01. The van der Waals surface area contributed by atoms with Gasteiger partial charge in [0.25, 0.3) is 0 Å². The van der Waals surface area contributed by atoms with Gasteiger partial charge in [0.15, 0.2) is 0 Å². The van der Waals surface area contributed by atoms with Crippen LogP contribution >= 0.6 is 0 Å². The maximum absolute atomic E-state index is 5.69. The minimum Gasteiger partial charge on any atom is -0.466 e. The van der Waals surface area contributed by atoms with Crippen LogP contribution < -0.4 is 5.32 Å². The van der Waals surface area contributed by atoms with E-state index >= 15 is 0 Å². The second-order valence-electron chi connectivity index (χ2n) is 4.37. The van der Waals surface area contributed by atoms with Crippen molar-refractivity contribution >= 4 is 0 Å². The highest BCUT2D eigenvalue weighted by molar-refractivity contribution is 5.19. The average Bonchev–Trinajstić information content (AvgIpc) is 2.47. The molecule has 0 bridgehead atoms. The van der Waals surface area contributed by atoms with Crippen molar-refractivity contribution in [3.63, 3.8) is 0 Å². The Bertz CT molecular complexity index is 278. The molecule has 2 heteroatoms. The molecule has 0 spiro atoms. The third-order valence-corrected chi connectivity index (χ3v) is 3.11. The zero-order chi connectivity index (χ0) is 9.97. The highest BCUT2D eigenvalue weighted by Crippen LogP contribution is 2.20. The van der Waals surface area contributed by atoms with Crippen LogP contribution in [0.4, 0.5) is 0 Å². The fourth-order valence-corrected chi connectivity index (χ4v) is 2.13. The van der Waals surface area contributed by atoms with Crippen molar-refractivity contribution in [1.29, 1.82) is 0 Å². The Labute approximate surface area is 85.7 Å². The Hall–Kier alpha value is -0.760. The van der Waals surface area contributed by atoms with Crippen molar-refractivity contribution in [2.75, 3.05) is 13.1 Å². The van der Waals surface area contributed by atoms with Crippen LogP contribution in [0.25, 0.3) is 0 Å². The first kappa shape index (κ1) is 9.78. The van der Waals surface area contributed by atoms with Crippen LogP contribution in [0.5, 0.6) is 0 Å². The Morgan fingerprint density at radius 2 is 2.36 bits per heavy atom. The second kappa shape index (κ2) is 4.18. The van der Waals surface area contributed by atoms with Gasteiger partial charge in [-0.05, 0) is 57.3 Å². The van der Waals surface area contributed by atoms with Crippen LogP contribution in [0.1, 0.15) is 29.9 Å². The molecule has 0 aliphatic carbocycles. The molecule has 1 aromatic rings. The second-order valence-corrected chi connectivity index (χ2v) is 4.37. The molecular formula is C12H19NO. The third kappa shape index (κ3) is 2.18. The maximum atomic E-state index is 5.69. The van der Waals surface area contributed by atoms with Crippen LogP contribution in [0.3, 0.4) is 0 Å². The monoisotopic (exact) mass is 193 g/mol. The molecule has 1 saturated heterocycles. The van der Waals surface area contributed by atoms with Gasteiger partial charge in [-0.3, -0.25) is 0 Å². The fraction of sp³-hybridized carbons (Fsp3) is 0.667. The lowest BCUT2D eigenvalue weighted by molar-refractivity contribution is 0.347. The number of piperidine rings is 1. The average molecular weight is 193 g/mol. The van der Waals surface area contributed by atoms with Gasteiger partial charge in [-0.25, -0.2) is 0 Å². The summed E-state index contributed by atoms with van der Waals surface area (Å²) in [4.78, 5) is 0. The number of furan rings is 1. The van der Waals surface area contributed by atoms with Gasteiger partial charge in [0, 0.05) is 6.42 Å². The minimum atomic E-state index is 0.772. The van der Waals surface area contributed by atoms with E-state index < -0.39 is 0 Å². The van der Waals surface area contributed by atoms with Crippen LogP contribution in [-0.2, 0) is 6.42 Å². The highest BCUT2D eigenvalue weighted by Gasteiger charge is 2.15. The van der Waals surface area contributed by atoms with E-state index in [1.807, 2.05) is 6.92 Å². The van der Waals surface area contributed by atoms with Gasteiger partial charge < -0.3 is 9.73 Å². The topological polar surface area (TPSA) is 25.2 Å². The largest absolute Gasteiger partial charge is 0.466 e. The first-order valence-corrected chi connectivity index (χ1v) is 5.52. The molecule has 0 radical (unpaired) electrons. The predicted molar refractivity (Wildman–Crippen MR) is 57.5 cm³/mol. The molecular weight excluding hydrogens is 174 g/mol. The number of hydrogen-bond acceptors (Lipinski definition) is 2. The zero-order valence-electron chi connectivity index (χ0n) is 9.10. The fourth-order valence-electron chi connectivity index (χ4n) is 2.13. The van der Waals surface area contributed by atoms with Gasteiger partial charge >= 0.3 is 0 Å².